The highest BCUT2D eigenvalue weighted by Gasteiger charge is 1.94. The molecule has 0 N–H and O–H groups in total. The Bertz CT molecular complexity index is 281. The van der Waals surface area contributed by atoms with Gasteiger partial charge in [-0.2, -0.15) is 0 Å². The standard InChI is InChI=1S/C18H28O/c1-2-3-4-5-6-7-8-9-10-14-17-19-18-15-12-11-13-16-18/h11-12,16H,2-10,14,17H2,1H3. The Morgan fingerprint density at radius 3 is 2.05 bits per heavy atom. The smallest absolute Gasteiger partial charge is 0.127 e. The molecule has 0 aliphatic rings. The topological polar surface area (TPSA) is 9.23 Å². The van der Waals surface area contributed by atoms with Crippen molar-refractivity contribution in [1.82, 2.24) is 0 Å². The molecule has 106 valence electrons. The summed E-state index contributed by atoms with van der Waals surface area (Å²) in [6, 6.07) is 11.6. The maximum Gasteiger partial charge on any atom is 0.127 e. The lowest BCUT2D eigenvalue weighted by molar-refractivity contribution is 0.303. The van der Waals surface area contributed by atoms with Crippen molar-refractivity contribution in [3.05, 3.63) is 30.3 Å². The van der Waals surface area contributed by atoms with Gasteiger partial charge in [0.25, 0.3) is 0 Å². The molecule has 1 nitrogen and oxygen atoms in total. The average Bonchev–Trinajstić information content (AvgIpc) is 2.46. The molecule has 0 atom stereocenters. The third kappa shape index (κ3) is 9.58. The van der Waals surface area contributed by atoms with Crippen LogP contribution in [0.15, 0.2) is 18.2 Å². The summed E-state index contributed by atoms with van der Waals surface area (Å²) in [6.07, 6.45) is 13.6. The molecular formula is C18H28O. The first-order valence-electron chi connectivity index (χ1n) is 7.94. The molecule has 0 amide bonds. The zero-order valence-electron chi connectivity index (χ0n) is 12.4. The SMILES string of the molecule is CCCCCCCCCCCCOc1[c]cc[c]c1. The lowest BCUT2D eigenvalue weighted by atomic mass is 10.1. The molecule has 0 aliphatic carbocycles. The second kappa shape index (κ2) is 12.1. The van der Waals surface area contributed by atoms with E-state index in [4.69, 9.17) is 4.74 Å². The fourth-order valence-electron chi connectivity index (χ4n) is 2.19. The van der Waals surface area contributed by atoms with Crippen molar-refractivity contribution < 1.29 is 4.74 Å². The van der Waals surface area contributed by atoms with E-state index in [2.05, 4.69) is 19.1 Å². The highest BCUT2D eigenvalue weighted by atomic mass is 16.5. The molecule has 0 spiro atoms. The van der Waals surface area contributed by atoms with Gasteiger partial charge in [-0.3, -0.25) is 0 Å². The molecule has 0 saturated carbocycles. The van der Waals surface area contributed by atoms with Crippen molar-refractivity contribution >= 4 is 0 Å². The van der Waals surface area contributed by atoms with Crippen molar-refractivity contribution in [1.29, 1.82) is 0 Å². The molecule has 0 aliphatic heterocycles. The Balaban J connectivity index is 1.79. The molecule has 0 unspecified atom stereocenters. The van der Waals surface area contributed by atoms with E-state index >= 15 is 0 Å². The van der Waals surface area contributed by atoms with E-state index in [1.54, 1.807) is 0 Å². The Labute approximate surface area is 119 Å². The first-order chi connectivity index (χ1) is 9.43. The minimum atomic E-state index is 0.810. The van der Waals surface area contributed by atoms with Gasteiger partial charge in [-0.05, 0) is 24.6 Å². The minimum Gasteiger partial charge on any atom is -0.493 e. The van der Waals surface area contributed by atoms with Gasteiger partial charge < -0.3 is 4.74 Å². The van der Waals surface area contributed by atoms with Gasteiger partial charge in [-0.15, -0.1) is 0 Å². The molecule has 0 saturated heterocycles. The van der Waals surface area contributed by atoms with Gasteiger partial charge in [0.15, 0.2) is 0 Å². The molecule has 1 rings (SSSR count). The summed E-state index contributed by atoms with van der Waals surface area (Å²) in [5, 5.41) is 0. The van der Waals surface area contributed by atoms with Crippen molar-refractivity contribution in [3.63, 3.8) is 0 Å². The molecule has 19 heavy (non-hydrogen) atoms. The van der Waals surface area contributed by atoms with Crippen LogP contribution in [0.3, 0.4) is 0 Å². The summed E-state index contributed by atoms with van der Waals surface area (Å²) >= 11 is 0. The second-order valence-corrected chi connectivity index (χ2v) is 5.18. The van der Waals surface area contributed by atoms with Crippen molar-refractivity contribution in [2.75, 3.05) is 6.61 Å². The van der Waals surface area contributed by atoms with Gasteiger partial charge in [-0.1, -0.05) is 70.8 Å². The average molecular weight is 260 g/mol. The van der Waals surface area contributed by atoms with Gasteiger partial charge in [0.1, 0.15) is 5.75 Å². The van der Waals surface area contributed by atoms with Crippen molar-refractivity contribution in [2.45, 2.75) is 71.1 Å². The van der Waals surface area contributed by atoms with E-state index in [1.807, 2.05) is 18.2 Å². The van der Waals surface area contributed by atoms with Gasteiger partial charge in [0.05, 0.1) is 6.61 Å². The van der Waals surface area contributed by atoms with E-state index in [-0.39, 0.29) is 0 Å². The molecule has 0 fully saturated rings. The summed E-state index contributed by atoms with van der Waals surface area (Å²) in [7, 11) is 0. The fraction of sp³-hybridized carbons (Fsp3) is 0.667. The van der Waals surface area contributed by atoms with E-state index < -0.39 is 0 Å². The maximum atomic E-state index is 5.59. The third-order valence-corrected chi connectivity index (χ3v) is 3.38. The Kier molecular flexibility index (Phi) is 10.2. The lowest BCUT2D eigenvalue weighted by Gasteiger charge is -2.05. The molecule has 1 aromatic carbocycles. The number of benzene rings is 1. The van der Waals surface area contributed by atoms with E-state index in [0.717, 1.165) is 18.8 Å². The number of hydrogen-bond acceptors (Lipinski definition) is 1. The Morgan fingerprint density at radius 2 is 1.47 bits per heavy atom. The minimum absolute atomic E-state index is 0.810. The summed E-state index contributed by atoms with van der Waals surface area (Å²) in [5.74, 6) is 0.818. The summed E-state index contributed by atoms with van der Waals surface area (Å²) < 4.78 is 5.59. The molecule has 0 aromatic heterocycles. The number of hydrogen-bond donors (Lipinski definition) is 0. The largest absolute Gasteiger partial charge is 0.493 e. The summed E-state index contributed by atoms with van der Waals surface area (Å²) in [5.41, 5.74) is 0. The highest BCUT2D eigenvalue weighted by molar-refractivity contribution is 5.18. The molecule has 0 heterocycles. The van der Waals surface area contributed by atoms with Crippen LogP contribution in [0.2, 0.25) is 0 Å². The zero-order chi connectivity index (χ0) is 13.6. The van der Waals surface area contributed by atoms with Crippen molar-refractivity contribution in [2.24, 2.45) is 0 Å². The highest BCUT2D eigenvalue weighted by Crippen LogP contribution is 2.11. The van der Waals surface area contributed by atoms with Crippen molar-refractivity contribution in [3.8, 4) is 5.75 Å². The number of rotatable bonds is 12. The quantitative estimate of drug-likeness (QED) is 0.445. The van der Waals surface area contributed by atoms with Crippen LogP contribution in [-0.4, -0.2) is 6.61 Å². The van der Waals surface area contributed by atoms with E-state index in [0.29, 0.717) is 0 Å². The van der Waals surface area contributed by atoms with Crippen LogP contribution in [0, 0.1) is 12.1 Å². The number of unbranched alkanes of at least 4 members (excludes halogenated alkanes) is 9. The molecular weight excluding hydrogens is 232 g/mol. The Hall–Kier alpha value is -0.980. The molecule has 1 aromatic rings. The van der Waals surface area contributed by atoms with Crippen LogP contribution < -0.4 is 4.74 Å². The predicted octanol–water partition coefficient (Wildman–Crippen LogP) is 5.59. The van der Waals surface area contributed by atoms with Crippen LogP contribution in [0.1, 0.15) is 71.1 Å². The zero-order valence-corrected chi connectivity index (χ0v) is 12.4. The summed E-state index contributed by atoms with van der Waals surface area (Å²) in [4.78, 5) is 0. The monoisotopic (exact) mass is 260 g/mol. The van der Waals surface area contributed by atoms with Gasteiger partial charge in [0, 0.05) is 6.07 Å². The first-order valence-corrected chi connectivity index (χ1v) is 7.94. The first kappa shape index (κ1) is 16.1. The van der Waals surface area contributed by atoms with E-state index in [9.17, 15) is 0 Å². The number of ether oxygens (including phenoxy) is 1. The third-order valence-electron chi connectivity index (χ3n) is 3.38. The van der Waals surface area contributed by atoms with E-state index in [1.165, 1.54) is 57.8 Å². The van der Waals surface area contributed by atoms with Crippen LogP contribution >= 0.6 is 0 Å². The van der Waals surface area contributed by atoms with Crippen LogP contribution in [0.4, 0.5) is 0 Å². The fourth-order valence-corrected chi connectivity index (χ4v) is 2.19. The molecule has 0 bridgehead atoms. The molecule has 2 radical (unpaired) electrons. The van der Waals surface area contributed by atoms with Crippen LogP contribution in [0.25, 0.3) is 0 Å². The maximum absolute atomic E-state index is 5.59. The van der Waals surface area contributed by atoms with Gasteiger partial charge >= 0.3 is 0 Å². The van der Waals surface area contributed by atoms with Gasteiger partial charge in [-0.25, -0.2) is 0 Å². The normalized spacial score (nSPS) is 10.6. The van der Waals surface area contributed by atoms with Gasteiger partial charge in [0.2, 0.25) is 0 Å². The van der Waals surface area contributed by atoms with Crippen LogP contribution in [0.5, 0.6) is 5.75 Å². The molecule has 1 heteroatoms. The lowest BCUT2D eigenvalue weighted by Crippen LogP contribution is -1.97. The Morgan fingerprint density at radius 1 is 0.842 bits per heavy atom. The van der Waals surface area contributed by atoms with Crippen LogP contribution in [-0.2, 0) is 0 Å². The predicted molar refractivity (Wildman–Crippen MR) is 81.5 cm³/mol. The summed E-state index contributed by atoms with van der Waals surface area (Å²) in [6.45, 7) is 3.08. The second-order valence-electron chi connectivity index (χ2n) is 5.18.